The average Bonchev–Trinajstić information content (AvgIpc) is 3.16. The predicted octanol–water partition coefficient (Wildman–Crippen LogP) is 4.45. The summed E-state index contributed by atoms with van der Waals surface area (Å²) in [7, 11) is 0. The highest BCUT2D eigenvalue weighted by Crippen LogP contribution is 2.30. The summed E-state index contributed by atoms with van der Waals surface area (Å²) in [5.41, 5.74) is 0.514. The number of aromatic nitrogens is 3. The van der Waals surface area contributed by atoms with Crippen LogP contribution in [-0.2, 0) is 0 Å². The molecule has 1 aromatic carbocycles. The number of alkyl halides is 3. The van der Waals surface area contributed by atoms with E-state index >= 15 is 0 Å². The third-order valence-corrected chi connectivity index (χ3v) is 5.22. The van der Waals surface area contributed by atoms with Crippen molar-refractivity contribution < 1.29 is 32.6 Å². The third-order valence-electron chi connectivity index (χ3n) is 3.77. The van der Waals surface area contributed by atoms with Crippen LogP contribution in [0.1, 0.15) is 38.7 Å². The molecule has 1 amide bonds. The minimum atomic E-state index is -4.90. The molecule has 3 rings (SSSR count). The van der Waals surface area contributed by atoms with Crippen LogP contribution in [0.3, 0.4) is 0 Å². The molecule has 31 heavy (non-hydrogen) atoms. The summed E-state index contributed by atoms with van der Waals surface area (Å²) in [5, 5.41) is 12.0. The lowest BCUT2D eigenvalue weighted by Crippen LogP contribution is -2.28. The quantitative estimate of drug-likeness (QED) is 0.497. The number of hydrogen-bond donors (Lipinski definition) is 2. The Morgan fingerprint density at radius 1 is 1.19 bits per heavy atom. The lowest BCUT2D eigenvalue weighted by Gasteiger charge is -2.16. The van der Waals surface area contributed by atoms with Gasteiger partial charge in [-0.2, -0.15) is 0 Å². The number of benzene rings is 1. The number of carboxylic acid groups (broad SMARTS) is 1. The van der Waals surface area contributed by atoms with E-state index in [0.29, 0.717) is 10.7 Å². The highest BCUT2D eigenvalue weighted by atomic mass is 79.9. The van der Waals surface area contributed by atoms with Crippen LogP contribution in [0.25, 0.3) is 10.7 Å². The Hall–Kier alpha value is -3.06. The van der Waals surface area contributed by atoms with Gasteiger partial charge in [0.05, 0.1) is 17.9 Å². The van der Waals surface area contributed by atoms with Crippen LogP contribution in [0, 0.1) is 0 Å². The Morgan fingerprint density at radius 3 is 2.55 bits per heavy atom. The molecule has 1 atom stereocenters. The molecule has 0 fully saturated rings. The van der Waals surface area contributed by atoms with Gasteiger partial charge < -0.3 is 15.2 Å². The van der Waals surface area contributed by atoms with Crippen molar-refractivity contribution in [1.29, 1.82) is 0 Å². The summed E-state index contributed by atoms with van der Waals surface area (Å²) in [6.07, 6.45) is -0.932. The number of nitrogens with zero attached hydrogens (tertiary/aromatic N) is 3. The molecule has 8 nitrogen and oxygen atoms in total. The molecule has 2 N–H and O–H groups in total. The molecule has 162 valence electrons. The van der Waals surface area contributed by atoms with E-state index in [9.17, 15) is 22.8 Å². The second-order valence-electron chi connectivity index (χ2n) is 6.04. The number of nitrogens with one attached hydrogen (secondary N) is 1. The summed E-state index contributed by atoms with van der Waals surface area (Å²) in [6, 6.07) is 2.65. The van der Waals surface area contributed by atoms with E-state index in [2.05, 4.69) is 40.9 Å². The number of aromatic carboxylic acids is 1. The van der Waals surface area contributed by atoms with E-state index < -0.39 is 30.0 Å². The van der Waals surface area contributed by atoms with Crippen molar-refractivity contribution in [2.75, 3.05) is 0 Å². The summed E-state index contributed by atoms with van der Waals surface area (Å²) in [6.45, 7) is 1.60. The van der Waals surface area contributed by atoms with Crippen LogP contribution in [0.15, 0.2) is 41.3 Å². The molecule has 3 aromatic rings. The fourth-order valence-corrected chi connectivity index (χ4v) is 3.78. The van der Waals surface area contributed by atoms with Gasteiger partial charge in [-0.05, 0) is 25.1 Å². The number of ether oxygens (including phenoxy) is 1. The molecule has 2 heterocycles. The summed E-state index contributed by atoms with van der Waals surface area (Å²) in [5.74, 6) is -2.37. The second kappa shape index (κ2) is 8.98. The molecule has 0 aliphatic rings. The van der Waals surface area contributed by atoms with E-state index in [1.54, 1.807) is 6.92 Å². The van der Waals surface area contributed by atoms with Crippen molar-refractivity contribution in [2.24, 2.45) is 0 Å². The second-order valence-corrected chi connectivity index (χ2v) is 7.99. The number of thiazole rings is 1. The van der Waals surface area contributed by atoms with E-state index in [4.69, 9.17) is 5.11 Å². The van der Waals surface area contributed by atoms with Gasteiger partial charge in [-0.1, -0.05) is 15.9 Å². The van der Waals surface area contributed by atoms with Crippen molar-refractivity contribution >= 4 is 39.1 Å². The lowest BCUT2D eigenvalue weighted by atomic mass is 10.1. The summed E-state index contributed by atoms with van der Waals surface area (Å²) < 4.78 is 41.6. The van der Waals surface area contributed by atoms with Gasteiger partial charge in [0.1, 0.15) is 21.3 Å². The van der Waals surface area contributed by atoms with Crippen LogP contribution < -0.4 is 10.1 Å². The number of carbonyl (C=O) groups excluding carboxylic acids is 1. The maximum atomic E-state index is 12.6. The largest absolute Gasteiger partial charge is 0.573 e. The Morgan fingerprint density at radius 2 is 1.90 bits per heavy atom. The fourth-order valence-electron chi connectivity index (χ4n) is 2.55. The van der Waals surface area contributed by atoms with E-state index in [1.165, 1.54) is 24.7 Å². The Balaban J connectivity index is 1.85. The highest BCUT2D eigenvalue weighted by molar-refractivity contribution is 9.10. The van der Waals surface area contributed by atoms with Crippen molar-refractivity contribution in [3.63, 3.8) is 0 Å². The molecule has 0 aliphatic heterocycles. The van der Waals surface area contributed by atoms with Crippen LogP contribution in [0.5, 0.6) is 5.75 Å². The zero-order valence-electron chi connectivity index (χ0n) is 15.5. The first kappa shape index (κ1) is 22.6. The van der Waals surface area contributed by atoms with Gasteiger partial charge in [-0.25, -0.2) is 9.78 Å². The van der Waals surface area contributed by atoms with Crippen molar-refractivity contribution in [2.45, 2.75) is 19.3 Å². The predicted molar refractivity (Wildman–Crippen MR) is 107 cm³/mol. The van der Waals surface area contributed by atoms with Crippen LogP contribution in [0.2, 0.25) is 0 Å². The van der Waals surface area contributed by atoms with Crippen molar-refractivity contribution in [1.82, 2.24) is 20.3 Å². The van der Waals surface area contributed by atoms with Crippen LogP contribution >= 0.6 is 27.3 Å². The Kier molecular flexibility index (Phi) is 6.55. The van der Waals surface area contributed by atoms with Crippen LogP contribution in [0.4, 0.5) is 13.2 Å². The maximum Gasteiger partial charge on any atom is 0.573 e. The molecule has 13 heteroatoms. The van der Waals surface area contributed by atoms with E-state index in [1.807, 2.05) is 0 Å². The SMILES string of the molecule is CC(NC(=O)c1cc(Br)cc(OC(F)(F)F)c1)c1nccnc1-c1ncc(C(=O)O)s1. The third kappa shape index (κ3) is 5.76. The van der Waals surface area contributed by atoms with Crippen molar-refractivity contribution in [3.05, 3.63) is 57.4 Å². The molecule has 1 unspecified atom stereocenters. The van der Waals surface area contributed by atoms with E-state index in [-0.39, 0.29) is 20.6 Å². The van der Waals surface area contributed by atoms with Gasteiger partial charge >= 0.3 is 12.3 Å². The number of halogens is 4. The minimum Gasteiger partial charge on any atom is -0.477 e. The standard InChI is InChI=1S/C18H12BrF3N4O4S/c1-8(13-14(24-3-2-23-13)16-25-7-12(31-16)17(28)29)26-15(27)9-4-10(19)6-11(5-9)30-18(20,21)22/h2-8H,1H3,(H,26,27)(H,28,29). The van der Waals surface area contributed by atoms with Gasteiger partial charge in [0.2, 0.25) is 0 Å². The zero-order chi connectivity index (χ0) is 22.8. The summed E-state index contributed by atoms with van der Waals surface area (Å²) in [4.78, 5) is 36.2. The maximum absolute atomic E-state index is 12.6. The highest BCUT2D eigenvalue weighted by Gasteiger charge is 2.31. The molecule has 0 aliphatic carbocycles. The molecule has 0 bridgehead atoms. The first-order chi connectivity index (χ1) is 14.5. The number of carboxylic acids is 1. The Labute approximate surface area is 185 Å². The van der Waals surface area contributed by atoms with Crippen LogP contribution in [-0.4, -0.2) is 38.3 Å². The van der Waals surface area contributed by atoms with Gasteiger partial charge in [0.25, 0.3) is 5.91 Å². The number of rotatable bonds is 6. The van der Waals surface area contributed by atoms with E-state index in [0.717, 1.165) is 23.5 Å². The Bertz CT molecular complexity index is 1140. The number of hydrogen-bond acceptors (Lipinski definition) is 7. The summed E-state index contributed by atoms with van der Waals surface area (Å²) >= 11 is 3.95. The lowest BCUT2D eigenvalue weighted by molar-refractivity contribution is -0.274. The molecular formula is C18H12BrF3N4O4S. The number of amides is 1. The monoisotopic (exact) mass is 516 g/mol. The molecule has 0 saturated heterocycles. The van der Waals surface area contributed by atoms with Gasteiger partial charge in [-0.15, -0.1) is 24.5 Å². The van der Waals surface area contributed by atoms with Gasteiger partial charge in [-0.3, -0.25) is 14.8 Å². The zero-order valence-corrected chi connectivity index (χ0v) is 17.9. The topological polar surface area (TPSA) is 114 Å². The molecule has 0 radical (unpaired) electrons. The first-order valence-electron chi connectivity index (χ1n) is 8.41. The smallest absolute Gasteiger partial charge is 0.477 e. The molecule has 2 aromatic heterocycles. The first-order valence-corrected chi connectivity index (χ1v) is 10.0. The fraction of sp³-hybridized carbons (Fsp3) is 0.167. The molecular weight excluding hydrogens is 505 g/mol. The van der Waals surface area contributed by atoms with Gasteiger partial charge in [0, 0.05) is 22.4 Å². The van der Waals surface area contributed by atoms with Gasteiger partial charge in [0.15, 0.2) is 0 Å². The normalized spacial score (nSPS) is 12.3. The molecule has 0 spiro atoms. The number of carbonyl (C=O) groups is 2. The minimum absolute atomic E-state index is 0.00891. The van der Waals surface area contributed by atoms with Crippen molar-refractivity contribution in [3.8, 4) is 16.5 Å². The average molecular weight is 517 g/mol. The molecule has 0 saturated carbocycles.